The van der Waals surface area contributed by atoms with Crippen LogP contribution in [0.3, 0.4) is 0 Å². The van der Waals surface area contributed by atoms with Crippen LogP contribution >= 0.6 is 0 Å². The monoisotopic (exact) mass is 204 g/mol. The molecule has 15 heavy (non-hydrogen) atoms. The third-order valence-electron chi connectivity index (χ3n) is 2.50. The van der Waals surface area contributed by atoms with Crippen LogP contribution in [0.5, 0.6) is 0 Å². The number of hydrogen-bond donors (Lipinski definition) is 3. The van der Waals surface area contributed by atoms with Crippen LogP contribution in [0, 0.1) is 6.92 Å². The molecule has 3 nitrogen and oxygen atoms in total. The largest absolute Gasteiger partial charge is 0.340 e. The predicted octanol–water partition coefficient (Wildman–Crippen LogP) is 1.24. The maximum Gasteiger partial charge on any atom is 0.305 e. The van der Waals surface area contributed by atoms with Gasteiger partial charge in [0.1, 0.15) is 0 Å². The van der Waals surface area contributed by atoms with E-state index < -0.39 is 5.97 Å². The van der Waals surface area contributed by atoms with Crippen LogP contribution in [0.25, 0.3) is 10.8 Å². The first-order valence-electron chi connectivity index (χ1n) is 4.66. The van der Waals surface area contributed by atoms with Crippen molar-refractivity contribution in [2.45, 2.75) is 12.9 Å². The molecule has 2 rings (SSSR count). The highest BCUT2D eigenvalue weighted by atomic mass is 16.7. The van der Waals surface area contributed by atoms with Crippen LogP contribution in [0.2, 0.25) is 0 Å². The molecule has 2 aromatic rings. The topological polar surface area (TPSA) is 60.7 Å². The highest BCUT2D eigenvalue weighted by Gasteiger charge is 2.24. The number of fused-ring (bicyclic) bond motifs is 1. The normalized spacial score (nSPS) is 12.0. The maximum atomic E-state index is 9.19. The standard InChI is InChI=1S/C12H12O3/c1-8-6-7-11(12(13,14)15)10-5-3-2-4-9(8)10/h2-7,13-15H,1H3. The molecule has 0 aliphatic carbocycles. The molecule has 3 heteroatoms. The fourth-order valence-corrected chi connectivity index (χ4v) is 1.74. The molecule has 78 valence electrons. The number of benzene rings is 2. The molecule has 0 aliphatic rings. The lowest BCUT2D eigenvalue weighted by Gasteiger charge is -2.17. The molecule has 0 aliphatic heterocycles. The van der Waals surface area contributed by atoms with Gasteiger partial charge in [0, 0.05) is 5.56 Å². The van der Waals surface area contributed by atoms with Crippen LogP contribution in [-0.4, -0.2) is 15.3 Å². The summed E-state index contributed by atoms with van der Waals surface area (Å²) in [6.45, 7) is 1.93. The van der Waals surface area contributed by atoms with Crippen molar-refractivity contribution >= 4 is 10.8 Å². The molecule has 0 amide bonds. The lowest BCUT2D eigenvalue weighted by atomic mass is 9.99. The van der Waals surface area contributed by atoms with Crippen molar-refractivity contribution in [2.24, 2.45) is 0 Å². The van der Waals surface area contributed by atoms with Crippen molar-refractivity contribution in [3.8, 4) is 0 Å². The highest BCUT2D eigenvalue weighted by molar-refractivity contribution is 5.88. The second-order valence-electron chi connectivity index (χ2n) is 3.61. The second-order valence-corrected chi connectivity index (χ2v) is 3.61. The molecular weight excluding hydrogens is 192 g/mol. The molecule has 0 atom stereocenters. The minimum atomic E-state index is -2.78. The van der Waals surface area contributed by atoms with E-state index in [4.69, 9.17) is 0 Å². The Balaban J connectivity index is 2.84. The number of aliphatic hydroxyl groups is 3. The number of rotatable bonds is 1. The molecule has 0 spiro atoms. The quantitative estimate of drug-likeness (QED) is 0.612. The molecule has 0 heterocycles. The molecule has 2 aromatic carbocycles. The van der Waals surface area contributed by atoms with E-state index in [1.807, 2.05) is 19.1 Å². The summed E-state index contributed by atoms with van der Waals surface area (Å²) in [5.74, 6) is -2.78. The van der Waals surface area contributed by atoms with Crippen molar-refractivity contribution in [3.05, 3.63) is 47.5 Å². The van der Waals surface area contributed by atoms with Crippen LogP contribution < -0.4 is 0 Å². The number of hydrogen-bond acceptors (Lipinski definition) is 3. The van der Waals surface area contributed by atoms with Gasteiger partial charge < -0.3 is 15.3 Å². The van der Waals surface area contributed by atoms with Gasteiger partial charge in [-0.15, -0.1) is 0 Å². The Morgan fingerprint density at radius 1 is 0.867 bits per heavy atom. The first-order chi connectivity index (χ1) is 7.00. The summed E-state index contributed by atoms with van der Waals surface area (Å²) in [5.41, 5.74) is 1.13. The van der Waals surface area contributed by atoms with E-state index in [1.165, 1.54) is 6.07 Å². The zero-order valence-corrected chi connectivity index (χ0v) is 8.31. The fourth-order valence-electron chi connectivity index (χ4n) is 1.74. The summed E-state index contributed by atoms with van der Waals surface area (Å²) in [6, 6.07) is 10.5. The Hall–Kier alpha value is -1.42. The van der Waals surface area contributed by atoms with Crippen LogP contribution in [0.1, 0.15) is 11.1 Å². The van der Waals surface area contributed by atoms with E-state index in [0.29, 0.717) is 5.39 Å². The second kappa shape index (κ2) is 3.31. The summed E-state index contributed by atoms with van der Waals surface area (Å²) in [7, 11) is 0. The molecule has 0 unspecified atom stereocenters. The Morgan fingerprint density at radius 3 is 2.07 bits per heavy atom. The van der Waals surface area contributed by atoms with E-state index in [1.54, 1.807) is 18.2 Å². The van der Waals surface area contributed by atoms with Crippen LogP contribution in [0.15, 0.2) is 36.4 Å². The van der Waals surface area contributed by atoms with E-state index >= 15 is 0 Å². The molecule has 0 radical (unpaired) electrons. The van der Waals surface area contributed by atoms with Crippen molar-refractivity contribution in [3.63, 3.8) is 0 Å². The average molecular weight is 204 g/mol. The summed E-state index contributed by atoms with van der Waals surface area (Å²) in [5, 5.41) is 29.1. The Labute approximate surface area is 87.2 Å². The van der Waals surface area contributed by atoms with Gasteiger partial charge in [-0.1, -0.05) is 36.4 Å². The van der Waals surface area contributed by atoms with Gasteiger partial charge in [-0.2, -0.15) is 0 Å². The van der Waals surface area contributed by atoms with E-state index in [0.717, 1.165) is 10.9 Å². The van der Waals surface area contributed by atoms with Gasteiger partial charge >= 0.3 is 5.97 Å². The SMILES string of the molecule is Cc1ccc(C(O)(O)O)c2ccccc12. The first-order valence-corrected chi connectivity index (χ1v) is 4.66. The third kappa shape index (κ3) is 1.72. The summed E-state index contributed by atoms with van der Waals surface area (Å²) in [4.78, 5) is 0. The van der Waals surface area contributed by atoms with E-state index in [-0.39, 0.29) is 5.56 Å². The minimum absolute atomic E-state index is 0.101. The third-order valence-corrected chi connectivity index (χ3v) is 2.50. The van der Waals surface area contributed by atoms with Gasteiger partial charge in [-0.3, -0.25) is 0 Å². The summed E-state index contributed by atoms with van der Waals surface area (Å²) in [6.07, 6.45) is 0. The van der Waals surface area contributed by atoms with Gasteiger partial charge in [0.2, 0.25) is 0 Å². The van der Waals surface area contributed by atoms with Gasteiger partial charge in [-0.05, 0) is 23.3 Å². The molecule has 3 N–H and O–H groups in total. The van der Waals surface area contributed by atoms with Gasteiger partial charge in [0.15, 0.2) is 0 Å². The maximum absolute atomic E-state index is 9.19. The van der Waals surface area contributed by atoms with E-state index in [9.17, 15) is 15.3 Å². The molecule has 0 fully saturated rings. The first kappa shape index (κ1) is 10.1. The highest BCUT2D eigenvalue weighted by Crippen LogP contribution is 2.27. The Bertz CT molecular complexity index is 498. The zero-order chi connectivity index (χ0) is 11.1. The van der Waals surface area contributed by atoms with Gasteiger partial charge in [0.05, 0.1) is 0 Å². The lowest BCUT2D eigenvalue weighted by molar-refractivity contribution is -0.322. The Kier molecular flexibility index (Phi) is 2.23. The van der Waals surface area contributed by atoms with Crippen LogP contribution in [-0.2, 0) is 5.97 Å². The molecule has 0 bridgehead atoms. The molecule has 0 aromatic heterocycles. The minimum Gasteiger partial charge on any atom is -0.340 e. The number of aryl methyl sites for hydroxylation is 1. The van der Waals surface area contributed by atoms with Crippen molar-refractivity contribution < 1.29 is 15.3 Å². The lowest BCUT2D eigenvalue weighted by Crippen LogP contribution is -2.24. The van der Waals surface area contributed by atoms with Gasteiger partial charge in [0.25, 0.3) is 0 Å². The van der Waals surface area contributed by atoms with Crippen molar-refractivity contribution in [1.29, 1.82) is 0 Å². The average Bonchev–Trinajstić information content (AvgIpc) is 2.17. The molecule has 0 saturated heterocycles. The van der Waals surface area contributed by atoms with Crippen molar-refractivity contribution in [1.82, 2.24) is 0 Å². The van der Waals surface area contributed by atoms with Crippen LogP contribution in [0.4, 0.5) is 0 Å². The fraction of sp³-hybridized carbons (Fsp3) is 0.167. The van der Waals surface area contributed by atoms with E-state index in [2.05, 4.69) is 0 Å². The zero-order valence-electron chi connectivity index (χ0n) is 8.31. The summed E-state index contributed by atoms with van der Waals surface area (Å²) < 4.78 is 0. The van der Waals surface area contributed by atoms with Gasteiger partial charge in [-0.25, -0.2) is 0 Å². The predicted molar refractivity (Wildman–Crippen MR) is 57.0 cm³/mol. The van der Waals surface area contributed by atoms with Crippen molar-refractivity contribution in [2.75, 3.05) is 0 Å². The molecular formula is C12H12O3. The smallest absolute Gasteiger partial charge is 0.305 e. The summed E-state index contributed by atoms with van der Waals surface area (Å²) >= 11 is 0. The molecule has 0 saturated carbocycles. The Morgan fingerprint density at radius 2 is 1.47 bits per heavy atom.